The number of nitrogens with zero attached hydrogens (tertiary/aromatic N) is 2. The zero-order chi connectivity index (χ0) is 24.0. The number of carbonyl (C=O) groups excluding carboxylic acids is 1. The molecule has 1 heterocycles. The van der Waals surface area contributed by atoms with Crippen LogP contribution in [0.4, 0.5) is 30.4 Å². The van der Waals surface area contributed by atoms with Gasteiger partial charge in [0.2, 0.25) is 6.41 Å². The molecule has 0 fully saturated rings. The second-order valence-electron chi connectivity index (χ2n) is 7.31. The van der Waals surface area contributed by atoms with Gasteiger partial charge in [-0.3, -0.25) is 9.69 Å². The average Bonchev–Trinajstić information content (AvgIpc) is 2.85. The first-order valence-corrected chi connectivity index (χ1v) is 10.4. The lowest BCUT2D eigenvalue weighted by Gasteiger charge is -2.21. The van der Waals surface area contributed by atoms with Gasteiger partial charge in [0, 0.05) is 18.4 Å². The van der Waals surface area contributed by atoms with Crippen molar-refractivity contribution >= 4 is 23.6 Å². The summed E-state index contributed by atoms with van der Waals surface area (Å²) >= 11 is 0. The quantitative estimate of drug-likeness (QED) is 0.292. The Labute approximate surface area is 194 Å². The van der Waals surface area contributed by atoms with Gasteiger partial charge in [0.1, 0.15) is 11.5 Å². The van der Waals surface area contributed by atoms with Crippen molar-refractivity contribution in [3.63, 3.8) is 0 Å². The summed E-state index contributed by atoms with van der Waals surface area (Å²) in [4.78, 5) is 17.6. The van der Waals surface area contributed by atoms with Crippen LogP contribution in [0.5, 0.6) is 11.5 Å². The number of nitrogens with one attached hydrogen (secondary N) is 1. The molecular formula is C26H20F3N3O2. The molecule has 0 radical (unpaired) electrons. The maximum Gasteiger partial charge on any atom is 0.416 e. The number of amides is 1. The van der Waals surface area contributed by atoms with E-state index in [4.69, 9.17) is 4.74 Å². The molecule has 0 spiro atoms. The summed E-state index contributed by atoms with van der Waals surface area (Å²) in [5.41, 5.74) is 0.749. The van der Waals surface area contributed by atoms with Crippen molar-refractivity contribution in [2.45, 2.75) is 12.7 Å². The molecule has 8 heteroatoms. The number of hydrogen-bond acceptors (Lipinski definition) is 4. The monoisotopic (exact) mass is 463 g/mol. The average molecular weight is 463 g/mol. The minimum absolute atomic E-state index is 0.102. The maximum absolute atomic E-state index is 13.0. The number of halogens is 3. The number of para-hydroxylation sites is 1. The van der Waals surface area contributed by atoms with Gasteiger partial charge >= 0.3 is 6.18 Å². The molecule has 0 unspecified atom stereocenters. The number of carbonyl (C=O) groups is 1. The Morgan fingerprint density at radius 2 is 1.62 bits per heavy atom. The predicted octanol–water partition coefficient (Wildman–Crippen LogP) is 6.80. The van der Waals surface area contributed by atoms with E-state index < -0.39 is 11.7 Å². The van der Waals surface area contributed by atoms with E-state index in [-0.39, 0.29) is 6.54 Å². The van der Waals surface area contributed by atoms with Gasteiger partial charge in [-0.2, -0.15) is 13.2 Å². The minimum Gasteiger partial charge on any atom is -0.457 e. The van der Waals surface area contributed by atoms with E-state index in [1.165, 1.54) is 17.2 Å². The third-order valence-electron chi connectivity index (χ3n) is 4.96. The molecule has 34 heavy (non-hydrogen) atoms. The van der Waals surface area contributed by atoms with Gasteiger partial charge in [-0.1, -0.05) is 30.3 Å². The molecule has 0 saturated carbocycles. The molecule has 0 bridgehead atoms. The number of benzene rings is 3. The molecule has 5 nitrogen and oxygen atoms in total. The lowest BCUT2D eigenvalue weighted by molar-refractivity contribution is -0.137. The normalized spacial score (nSPS) is 11.0. The highest BCUT2D eigenvalue weighted by molar-refractivity contribution is 5.90. The molecule has 0 aliphatic carbocycles. The summed E-state index contributed by atoms with van der Waals surface area (Å²) in [5, 5.41) is 3.03. The van der Waals surface area contributed by atoms with Crippen molar-refractivity contribution < 1.29 is 22.7 Å². The summed E-state index contributed by atoms with van der Waals surface area (Å²) in [6, 6.07) is 24.7. The number of hydrogen-bond donors (Lipinski definition) is 1. The predicted molar refractivity (Wildman–Crippen MR) is 124 cm³/mol. The largest absolute Gasteiger partial charge is 0.457 e. The lowest BCUT2D eigenvalue weighted by atomic mass is 10.1. The highest BCUT2D eigenvalue weighted by Crippen LogP contribution is 2.32. The van der Waals surface area contributed by atoms with Crippen LogP contribution in [-0.2, 0) is 17.5 Å². The van der Waals surface area contributed by atoms with Crippen LogP contribution in [0.2, 0.25) is 0 Å². The third-order valence-corrected chi connectivity index (χ3v) is 4.96. The number of ether oxygens (including phenoxy) is 1. The minimum atomic E-state index is -4.42. The Morgan fingerprint density at radius 3 is 2.32 bits per heavy atom. The molecular weight excluding hydrogens is 443 g/mol. The molecule has 0 aliphatic rings. The first-order chi connectivity index (χ1) is 16.4. The topological polar surface area (TPSA) is 54.5 Å². The molecule has 0 aliphatic heterocycles. The fourth-order valence-corrected chi connectivity index (χ4v) is 3.33. The van der Waals surface area contributed by atoms with Crippen molar-refractivity contribution in [2.75, 3.05) is 10.2 Å². The highest BCUT2D eigenvalue weighted by Gasteiger charge is 2.30. The van der Waals surface area contributed by atoms with Crippen LogP contribution in [0, 0.1) is 0 Å². The van der Waals surface area contributed by atoms with Crippen LogP contribution in [-0.4, -0.2) is 11.4 Å². The number of anilines is 3. The van der Waals surface area contributed by atoms with E-state index in [0.29, 0.717) is 40.7 Å². The Kier molecular flexibility index (Phi) is 6.77. The third kappa shape index (κ3) is 5.53. The van der Waals surface area contributed by atoms with Crippen LogP contribution < -0.4 is 15.0 Å². The number of pyridine rings is 1. The molecule has 1 amide bonds. The Bertz CT molecular complexity index is 1250. The molecule has 0 saturated heterocycles. The van der Waals surface area contributed by atoms with E-state index in [9.17, 15) is 18.0 Å². The van der Waals surface area contributed by atoms with Gasteiger partial charge in [-0.25, -0.2) is 4.98 Å². The SMILES string of the molecule is O=CN(c1ccc(Oc2ccccc2)cc1)c1cccnc1NCc1cccc(C(F)(F)F)c1. The zero-order valence-corrected chi connectivity index (χ0v) is 17.9. The van der Waals surface area contributed by atoms with Gasteiger partial charge in [0.05, 0.1) is 11.3 Å². The van der Waals surface area contributed by atoms with E-state index in [1.54, 1.807) is 42.5 Å². The smallest absolute Gasteiger partial charge is 0.416 e. The molecule has 172 valence electrons. The molecule has 1 aromatic heterocycles. The fourth-order valence-electron chi connectivity index (χ4n) is 3.33. The van der Waals surface area contributed by atoms with Crippen LogP contribution in [0.25, 0.3) is 0 Å². The van der Waals surface area contributed by atoms with E-state index >= 15 is 0 Å². The summed E-state index contributed by atoms with van der Waals surface area (Å²) in [6.07, 6.45) is -2.23. The number of alkyl halides is 3. The number of aromatic nitrogens is 1. The summed E-state index contributed by atoms with van der Waals surface area (Å²) in [5.74, 6) is 1.65. The van der Waals surface area contributed by atoms with Crippen molar-refractivity contribution in [2.24, 2.45) is 0 Å². The Morgan fingerprint density at radius 1 is 0.882 bits per heavy atom. The van der Waals surface area contributed by atoms with Gasteiger partial charge < -0.3 is 10.1 Å². The van der Waals surface area contributed by atoms with Crippen LogP contribution in [0.3, 0.4) is 0 Å². The van der Waals surface area contributed by atoms with Gasteiger partial charge in [0.25, 0.3) is 0 Å². The van der Waals surface area contributed by atoms with Crippen LogP contribution in [0.1, 0.15) is 11.1 Å². The van der Waals surface area contributed by atoms with Crippen molar-refractivity contribution in [1.29, 1.82) is 0 Å². The van der Waals surface area contributed by atoms with Crippen molar-refractivity contribution in [3.8, 4) is 11.5 Å². The van der Waals surface area contributed by atoms with Crippen LogP contribution in [0.15, 0.2) is 97.2 Å². The Hall–Kier alpha value is -4.33. The second-order valence-corrected chi connectivity index (χ2v) is 7.31. The maximum atomic E-state index is 13.0. The summed E-state index contributed by atoms with van der Waals surface area (Å²) < 4.78 is 44.8. The molecule has 4 rings (SSSR count). The van der Waals surface area contributed by atoms with Gasteiger partial charge in [-0.15, -0.1) is 0 Å². The van der Waals surface area contributed by atoms with Crippen molar-refractivity contribution in [3.05, 3.63) is 108 Å². The Balaban J connectivity index is 1.52. The fraction of sp³-hybridized carbons (Fsp3) is 0.0769. The van der Waals surface area contributed by atoms with E-state index in [0.717, 1.165) is 12.1 Å². The van der Waals surface area contributed by atoms with E-state index in [2.05, 4.69) is 10.3 Å². The van der Waals surface area contributed by atoms with Gasteiger partial charge in [-0.05, 0) is 66.2 Å². The first kappa shape index (κ1) is 22.8. The molecule has 4 aromatic rings. The lowest BCUT2D eigenvalue weighted by Crippen LogP contribution is -2.17. The standard InChI is InChI=1S/C26H20F3N3O2/c27-26(28,29)20-7-4-6-19(16-20)17-31-25-24(10-5-15-30-25)32(18-33)21-11-13-23(14-12-21)34-22-8-2-1-3-9-22/h1-16,18H,17H2,(H,30,31). The van der Waals surface area contributed by atoms with Gasteiger partial charge in [0.15, 0.2) is 5.82 Å². The first-order valence-electron chi connectivity index (χ1n) is 10.4. The van der Waals surface area contributed by atoms with Crippen LogP contribution >= 0.6 is 0 Å². The molecule has 0 atom stereocenters. The number of rotatable bonds is 8. The second kappa shape index (κ2) is 10.1. The molecule has 1 N–H and O–H groups in total. The van der Waals surface area contributed by atoms with E-state index in [1.807, 2.05) is 30.3 Å². The van der Waals surface area contributed by atoms with Crippen molar-refractivity contribution in [1.82, 2.24) is 4.98 Å². The highest BCUT2D eigenvalue weighted by atomic mass is 19.4. The summed E-state index contributed by atoms with van der Waals surface area (Å²) in [7, 11) is 0. The molecule has 3 aromatic carbocycles. The summed E-state index contributed by atoms with van der Waals surface area (Å²) in [6.45, 7) is 0.102. The zero-order valence-electron chi connectivity index (χ0n) is 17.9.